The second kappa shape index (κ2) is 7.35. The molecule has 0 bridgehead atoms. The fraction of sp³-hybridized carbons (Fsp3) is 0.312. The molecule has 8 nitrogen and oxygen atoms in total. The maximum absolute atomic E-state index is 12.8. The molecular weight excluding hydrogens is 442 g/mol. The summed E-state index contributed by atoms with van der Waals surface area (Å²) in [6.45, 7) is 3.00. The third kappa shape index (κ3) is 4.36. The zero-order valence-electron chi connectivity index (χ0n) is 15.3. The normalized spacial score (nSPS) is 13.2. The molecule has 0 saturated heterocycles. The molecule has 28 heavy (non-hydrogen) atoms. The molecule has 1 aromatic carbocycles. The Labute approximate surface area is 171 Å². The summed E-state index contributed by atoms with van der Waals surface area (Å²) in [7, 11) is -5.95. The maximum atomic E-state index is 12.8. The van der Waals surface area contributed by atoms with Crippen LogP contribution < -0.4 is 14.2 Å². The summed E-state index contributed by atoms with van der Waals surface area (Å²) in [5.74, 6) is 0. The molecule has 0 fully saturated rings. The smallest absolute Gasteiger partial charge is 0.257 e. The molecule has 0 unspecified atom stereocenters. The maximum Gasteiger partial charge on any atom is 0.257 e. The van der Waals surface area contributed by atoms with E-state index >= 15 is 0 Å². The first kappa shape index (κ1) is 21.1. The van der Waals surface area contributed by atoms with Crippen molar-refractivity contribution >= 4 is 53.8 Å². The zero-order valence-corrected chi connectivity index (χ0v) is 18.6. The van der Waals surface area contributed by atoms with Crippen molar-refractivity contribution in [2.75, 3.05) is 6.54 Å². The van der Waals surface area contributed by atoms with Gasteiger partial charge in [0.05, 0.1) is 15.8 Å². The second-order valence-corrected chi connectivity index (χ2v) is 12.5. The van der Waals surface area contributed by atoms with Crippen LogP contribution in [0.15, 0.2) is 49.6 Å². The van der Waals surface area contributed by atoms with E-state index in [9.17, 15) is 21.6 Å². The number of aryl methyl sites for hydroxylation is 1. The molecule has 2 N–H and O–H groups in total. The summed E-state index contributed by atoms with van der Waals surface area (Å²) in [5.41, 5.74) is -0.450. The molecule has 0 saturated carbocycles. The minimum Gasteiger partial charge on any atom is -0.297 e. The fourth-order valence-corrected chi connectivity index (χ4v) is 7.02. The lowest BCUT2D eigenvalue weighted by Crippen LogP contribution is -2.51. The Bertz CT molecular complexity index is 1270. The van der Waals surface area contributed by atoms with Gasteiger partial charge in [-0.05, 0) is 55.0 Å². The summed E-state index contributed by atoms with van der Waals surface area (Å²) in [6, 6.07) is 7.43. The van der Waals surface area contributed by atoms with Crippen LogP contribution in [0.1, 0.15) is 13.8 Å². The van der Waals surface area contributed by atoms with Crippen LogP contribution in [0, 0.1) is 0 Å². The number of thiophene rings is 1. The van der Waals surface area contributed by atoms with Crippen LogP contribution in [0.2, 0.25) is 0 Å². The molecule has 3 rings (SSSR count). The highest BCUT2D eigenvalue weighted by atomic mass is 32.2. The Morgan fingerprint density at radius 1 is 1.11 bits per heavy atom. The Kier molecular flexibility index (Phi) is 5.55. The van der Waals surface area contributed by atoms with Gasteiger partial charge in [-0.15, -0.1) is 11.3 Å². The van der Waals surface area contributed by atoms with E-state index in [-0.39, 0.29) is 20.4 Å². The van der Waals surface area contributed by atoms with Crippen molar-refractivity contribution < 1.29 is 16.8 Å². The number of hydrogen-bond acceptors (Lipinski definition) is 7. The monoisotopic (exact) mass is 461 g/mol. The lowest BCUT2D eigenvalue weighted by molar-refractivity contribution is 0.444. The molecule has 152 valence electrons. The highest BCUT2D eigenvalue weighted by Gasteiger charge is 2.29. The molecule has 12 heteroatoms. The van der Waals surface area contributed by atoms with Gasteiger partial charge in [0.1, 0.15) is 4.21 Å². The van der Waals surface area contributed by atoms with E-state index in [1.165, 1.54) is 18.2 Å². The van der Waals surface area contributed by atoms with Crippen molar-refractivity contribution in [3.05, 3.63) is 45.2 Å². The average molecular weight is 462 g/mol. The van der Waals surface area contributed by atoms with Gasteiger partial charge in [-0.2, -0.15) is 0 Å². The van der Waals surface area contributed by atoms with Crippen LogP contribution in [0.25, 0.3) is 10.9 Å². The lowest BCUT2D eigenvalue weighted by Gasteiger charge is -2.26. The van der Waals surface area contributed by atoms with Gasteiger partial charge in [0.25, 0.3) is 4.74 Å². The van der Waals surface area contributed by atoms with Gasteiger partial charge in [0.15, 0.2) is 0 Å². The van der Waals surface area contributed by atoms with Gasteiger partial charge >= 0.3 is 0 Å². The predicted octanol–water partition coefficient (Wildman–Crippen LogP) is 1.70. The topological polar surface area (TPSA) is 114 Å². The van der Waals surface area contributed by atoms with E-state index in [2.05, 4.69) is 9.44 Å². The van der Waals surface area contributed by atoms with E-state index < -0.39 is 25.6 Å². The van der Waals surface area contributed by atoms with Crippen molar-refractivity contribution in [1.29, 1.82) is 0 Å². The fourth-order valence-electron chi connectivity index (χ4n) is 2.56. The summed E-state index contributed by atoms with van der Waals surface area (Å²) >= 11 is 2.07. The third-order valence-electron chi connectivity index (χ3n) is 3.93. The Morgan fingerprint density at radius 3 is 2.46 bits per heavy atom. The van der Waals surface area contributed by atoms with E-state index in [4.69, 9.17) is 0 Å². The standard InChI is InChI=1S/C16H19N3O5S4/c1-16(2,10-17-28(23,24)14-5-4-8-25-14)18-27(21,22)11-6-7-13-12(9-11)15(20)26-19(13)3/h4-9,17-18H,10H2,1-3H3. The van der Waals surface area contributed by atoms with E-state index in [1.54, 1.807) is 42.4 Å². The van der Waals surface area contributed by atoms with Crippen LogP contribution in [0.5, 0.6) is 0 Å². The van der Waals surface area contributed by atoms with Crippen molar-refractivity contribution in [2.45, 2.75) is 28.5 Å². The number of aromatic nitrogens is 1. The van der Waals surface area contributed by atoms with Crippen molar-refractivity contribution in [3.8, 4) is 0 Å². The third-order valence-corrected chi connectivity index (χ3v) is 9.28. The molecule has 2 heterocycles. The lowest BCUT2D eigenvalue weighted by atomic mass is 10.1. The van der Waals surface area contributed by atoms with Crippen molar-refractivity contribution in [2.24, 2.45) is 7.05 Å². The molecule has 0 atom stereocenters. The second-order valence-electron chi connectivity index (χ2n) is 6.80. The molecule has 0 radical (unpaired) electrons. The van der Waals surface area contributed by atoms with Crippen molar-refractivity contribution in [3.63, 3.8) is 0 Å². The number of nitrogens with zero attached hydrogens (tertiary/aromatic N) is 1. The SMILES string of the molecule is Cn1sc(=O)c2cc(S(=O)(=O)NC(C)(C)CNS(=O)(=O)c3cccs3)ccc21. The van der Waals surface area contributed by atoms with Gasteiger partial charge in [0.2, 0.25) is 20.0 Å². The van der Waals surface area contributed by atoms with Crippen LogP contribution in [0.3, 0.4) is 0 Å². The summed E-state index contributed by atoms with van der Waals surface area (Å²) < 4.78 is 56.6. The average Bonchev–Trinajstić information content (AvgIpc) is 3.22. The first-order chi connectivity index (χ1) is 12.9. The predicted molar refractivity (Wildman–Crippen MR) is 111 cm³/mol. The molecule has 0 aliphatic carbocycles. The number of fused-ring (bicyclic) bond motifs is 1. The summed E-state index contributed by atoms with van der Waals surface area (Å²) in [6.07, 6.45) is 0. The zero-order chi connectivity index (χ0) is 20.7. The van der Waals surface area contributed by atoms with Gasteiger partial charge in [-0.25, -0.2) is 26.3 Å². The van der Waals surface area contributed by atoms with Gasteiger partial charge in [-0.3, -0.25) is 8.75 Å². The molecule has 0 amide bonds. The molecule has 2 aromatic heterocycles. The first-order valence-corrected chi connectivity index (χ1v) is 12.7. The first-order valence-electron chi connectivity index (χ1n) is 8.09. The van der Waals surface area contributed by atoms with Crippen LogP contribution >= 0.6 is 22.9 Å². The Hall–Kier alpha value is -1.57. The Balaban J connectivity index is 1.81. The van der Waals surface area contributed by atoms with E-state index in [1.807, 2.05) is 0 Å². The number of benzene rings is 1. The molecule has 0 aliphatic heterocycles. The summed E-state index contributed by atoms with van der Waals surface area (Å²) in [5, 5.41) is 1.97. The molecule has 0 spiro atoms. The van der Waals surface area contributed by atoms with Crippen LogP contribution in [-0.4, -0.2) is 32.9 Å². The van der Waals surface area contributed by atoms with Crippen molar-refractivity contribution in [1.82, 2.24) is 13.4 Å². The van der Waals surface area contributed by atoms with E-state index in [0.717, 1.165) is 22.9 Å². The minimum absolute atomic E-state index is 0.0512. The van der Waals surface area contributed by atoms with Gasteiger partial charge < -0.3 is 0 Å². The number of rotatable bonds is 7. The van der Waals surface area contributed by atoms with Crippen LogP contribution in [-0.2, 0) is 27.1 Å². The highest BCUT2D eigenvalue weighted by molar-refractivity contribution is 7.91. The van der Waals surface area contributed by atoms with E-state index in [0.29, 0.717) is 10.9 Å². The molecule has 3 aromatic rings. The van der Waals surface area contributed by atoms with Crippen LogP contribution in [0.4, 0.5) is 0 Å². The molecule has 0 aliphatic rings. The number of hydrogen-bond donors (Lipinski definition) is 2. The highest BCUT2D eigenvalue weighted by Crippen LogP contribution is 2.20. The number of sulfonamides is 2. The number of nitrogens with one attached hydrogen (secondary N) is 2. The van der Waals surface area contributed by atoms with Gasteiger partial charge in [-0.1, -0.05) is 6.07 Å². The largest absolute Gasteiger partial charge is 0.297 e. The Morgan fingerprint density at radius 2 is 1.82 bits per heavy atom. The quantitative estimate of drug-likeness (QED) is 0.556. The van der Waals surface area contributed by atoms with Gasteiger partial charge in [0, 0.05) is 19.1 Å². The summed E-state index contributed by atoms with van der Waals surface area (Å²) in [4.78, 5) is 11.9. The molecular formula is C16H19N3O5S4. The minimum atomic E-state index is -3.96.